The zero-order valence-electron chi connectivity index (χ0n) is 12.5. The van der Waals surface area contributed by atoms with Crippen LogP contribution in [0.5, 0.6) is 11.5 Å². The summed E-state index contributed by atoms with van der Waals surface area (Å²) in [6.07, 6.45) is -2.42. The van der Waals surface area contributed by atoms with Gasteiger partial charge in [0.05, 0.1) is 5.69 Å². The molecule has 2 aromatic carbocycles. The first-order valence-corrected chi connectivity index (χ1v) is 6.90. The number of carbonyl (C=O) groups excluding carboxylic acids is 1. The van der Waals surface area contributed by atoms with Crippen LogP contribution in [-0.4, -0.2) is 25.9 Å². The van der Waals surface area contributed by atoms with E-state index in [1.54, 1.807) is 0 Å². The van der Waals surface area contributed by atoms with Crippen molar-refractivity contribution in [1.29, 1.82) is 0 Å². The minimum atomic E-state index is -2.97. The Morgan fingerprint density at radius 2 is 1.76 bits per heavy atom. The highest BCUT2D eigenvalue weighted by Crippen LogP contribution is 2.29. The van der Waals surface area contributed by atoms with E-state index in [1.807, 2.05) is 0 Å². The van der Waals surface area contributed by atoms with Crippen molar-refractivity contribution in [3.8, 4) is 11.5 Å². The third-order valence-electron chi connectivity index (χ3n) is 2.95. The zero-order valence-corrected chi connectivity index (χ0v) is 12.5. The number of anilines is 2. The second-order valence-electron chi connectivity index (χ2n) is 4.72. The molecule has 0 aliphatic rings. The highest BCUT2D eigenvalue weighted by Gasteiger charge is 2.13. The summed E-state index contributed by atoms with van der Waals surface area (Å²) >= 11 is 0. The molecule has 0 saturated carbocycles. The SMILES string of the molecule is O=Cc1cc(F)c(OCC(F)F)cc1Nc1ccc(OC(F)F)cc1. The van der Waals surface area contributed by atoms with Gasteiger partial charge in [-0.2, -0.15) is 8.78 Å². The van der Waals surface area contributed by atoms with Crippen LogP contribution < -0.4 is 14.8 Å². The van der Waals surface area contributed by atoms with Gasteiger partial charge >= 0.3 is 6.61 Å². The molecular weight excluding hydrogens is 349 g/mol. The summed E-state index contributed by atoms with van der Waals surface area (Å²) in [7, 11) is 0. The maximum absolute atomic E-state index is 13.7. The fourth-order valence-corrected chi connectivity index (χ4v) is 1.91. The lowest BCUT2D eigenvalue weighted by Gasteiger charge is -2.13. The summed E-state index contributed by atoms with van der Waals surface area (Å²) < 4.78 is 71.2. The van der Waals surface area contributed by atoms with E-state index in [1.165, 1.54) is 24.3 Å². The molecule has 2 rings (SSSR count). The monoisotopic (exact) mass is 361 g/mol. The summed E-state index contributed by atoms with van der Waals surface area (Å²) in [4.78, 5) is 11.1. The molecule has 0 unspecified atom stereocenters. The van der Waals surface area contributed by atoms with Crippen LogP contribution in [0.2, 0.25) is 0 Å². The quantitative estimate of drug-likeness (QED) is 0.550. The Kier molecular flexibility index (Phi) is 6.15. The average molecular weight is 361 g/mol. The van der Waals surface area contributed by atoms with Gasteiger partial charge in [0.1, 0.15) is 12.4 Å². The van der Waals surface area contributed by atoms with Gasteiger partial charge in [0.2, 0.25) is 0 Å². The van der Waals surface area contributed by atoms with Gasteiger partial charge in [0.25, 0.3) is 6.43 Å². The van der Waals surface area contributed by atoms with Crippen LogP contribution in [0.3, 0.4) is 0 Å². The second-order valence-corrected chi connectivity index (χ2v) is 4.72. The molecule has 0 fully saturated rings. The maximum atomic E-state index is 13.7. The lowest BCUT2D eigenvalue weighted by atomic mass is 10.1. The first-order chi connectivity index (χ1) is 11.9. The minimum absolute atomic E-state index is 0.0729. The third-order valence-corrected chi connectivity index (χ3v) is 2.95. The molecule has 0 amide bonds. The molecule has 1 N–H and O–H groups in total. The summed E-state index contributed by atoms with van der Waals surface area (Å²) in [6.45, 7) is -3.97. The maximum Gasteiger partial charge on any atom is 0.387 e. The molecule has 0 spiro atoms. The first-order valence-electron chi connectivity index (χ1n) is 6.90. The molecular formula is C16H12F5NO3. The molecule has 25 heavy (non-hydrogen) atoms. The molecule has 0 aliphatic carbocycles. The predicted molar refractivity (Wildman–Crippen MR) is 79.6 cm³/mol. The molecule has 2 aromatic rings. The Morgan fingerprint density at radius 1 is 1.08 bits per heavy atom. The number of benzene rings is 2. The molecule has 0 aliphatic heterocycles. The van der Waals surface area contributed by atoms with E-state index in [0.717, 1.165) is 12.1 Å². The Balaban J connectivity index is 2.21. The highest BCUT2D eigenvalue weighted by atomic mass is 19.3. The molecule has 0 radical (unpaired) electrons. The molecule has 134 valence electrons. The number of hydrogen-bond acceptors (Lipinski definition) is 4. The van der Waals surface area contributed by atoms with E-state index < -0.39 is 31.2 Å². The van der Waals surface area contributed by atoms with Gasteiger partial charge in [-0.3, -0.25) is 4.79 Å². The predicted octanol–water partition coefficient (Wildman–Crippen LogP) is 4.63. The van der Waals surface area contributed by atoms with Gasteiger partial charge in [-0.1, -0.05) is 0 Å². The first kappa shape index (κ1) is 18.5. The second kappa shape index (κ2) is 8.32. The lowest BCUT2D eigenvalue weighted by molar-refractivity contribution is -0.0498. The van der Waals surface area contributed by atoms with Crippen LogP contribution in [-0.2, 0) is 0 Å². The van der Waals surface area contributed by atoms with Gasteiger partial charge in [-0.25, -0.2) is 13.2 Å². The average Bonchev–Trinajstić information content (AvgIpc) is 2.56. The summed E-state index contributed by atoms with van der Waals surface area (Å²) in [5, 5.41) is 2.75. The van der Waals surface area contributed by atoms with Crippen molar-refractivity contribution in [2.75, 3.05) is 11.9 Å². The van der Waals surface area contributed by atoms with E-state index in [9.17, 15) is 26.7 Å². The van der Waals surface area contributed by atoms with Crippen LogP contribution in [0.15, 0.2) is 36.4 Å². The zero-order chi connectivity index (χ0) is 18.4. The lowest BCUT2D eigenvalue weighted by Crippen LogP contribution is -2.09. The molecule has 0 aromatic heterocycles. The van der Waals surface area contributed by atoms with E-state index in [2.05, 4.69) is 14.8 Å². The summed E-state index contributed by atoms with van der Waals surface area (Å²) in [6, 6.07) is 7.18. The Labute approximate surface area is 139 Å². The van der Waals surface area contributed by atoms with Gasteiger partial charge < -0.3 is 14.8 Å². The number of aldehydes is 1. The Morgan fingerprint density at radius 3 is 2.32 bits per heavy atom. The smallest absolute Gasteiger partial charge is 0.387 e. The van der Waals surface area contributed by atoms with Crippen LogP contribution >= 0.6 is 0 Å². The van der Waals surface area contributed by atoms with Crippen molar-refractivity contribution in [2.24, 2.45) is 0 Å². The Bertz CT molecular complexity index is 722. The molecule has 0 atom stereocenters. The highest BCUT2D eigenvalue weighted by molar-refractivity contribution is 5.86. The Hall–Kier alpha value is -2.84. The van der Waals surface area contributed by atoms with Crippen molar-refractivity contribution in [2.45, 2.75) is 13.0 Å². The third kappa shape index (κ3) is 5.33. The molecule has 9 heteroatoms. The summed E-state index contributed by atoms with van der Waals surface area (Å²) in [5.74, 6) is -1.49. The molecule has 0 saturated heterocycles. The number of hydrogen-bond donors (Lipinski definition) is 1. The molecule has 0 bridgehead atoms. The van der Waals surface area contributed by atoms with Crippen LogP contribution in [0.25, 0.3) is 0 Å². The van der Waals surface area contributed by atoms with Gasteiger partial charge in [-0.05, 0) is 30.3 Å². The number of nitrogens with one attached hydrogen (secondary N) is 1. The van der Waals surface area contributed by atoms with Crippen molar-refractivity contribution in [3.05, 3.63) is 47.8 Å². The van der Waals surface area contributed by atoms with E-state index in [-0.39, 0.29) is 17.0 Å². The van der Waals surface area contributed by atoms with Crippen molar-refractivity contribution >= 4 is 17.7 Å². The van der Waals surface area contributed by atoms with E-state index >= 15 is 0 Å². The fraction of sp³-hybridized carbons (Fsp3) is 0.188. The topological polar surface area (TPSA) is 47.6 Å². The largest absolute Gasteiger partial charge is 0.484 e. The minimum Gasteiger partial charge on any atom is -0.484 e. The van der Waals surface area contributed by atoms with Gasteiger partial charge in [0.15, 0.2) is 17.9 Å². The van der Waals surface area contributed by atoms with Gasteiger partial charge in [-0.15, -0.1) is 0 Å². The van der Waals surface area contributed by atoms with Gasteiger partial charge in [0, 0.05) is 17.3 Å². The normalized spacial score (nSPS) is 10.8. The van der Waals surface area contributed by atoms with Crippen molar-refractivity contribution in [1.82, 2.24) is 0 Å². The number of rotatable bonds is 8. The molecule has 4 nitrogen and oxygen atoms in total. The van der Waals surface area contributed by atoms with E-state index in [0.29, 0.717) is 12.0 Å². The van der Waals surface area contributed by atoms with Crippen LogP contribution in [0.4, 0.5) is 33.3 Å². The fourth-order valence-electron chi connectivity index (χ4n) is 1.91. The van der Waals surface area contributed by atoms with Crippen LogP contribution in [0, 0.1) is 5.82 Å². The number of ether oxygens (including phenoxy) is 2. The standard InChI is InChI=1S/C16H12F5NO3/c17-12-5-9(7-23)13(6-14(12)24-8-15(18)19)22-10-1-3-11(4-2-10)25-16(20)21/h1-7,15-16,22H,8H2. The van der Waals surface area contributed by atoms with Crippen LogP contribution in [0.1, 0.15) is 10.4 Å². The summed E-state index contributed by atoms with van der Waals surface area (Å²) in [5.41, 5.74) is 0.397. The van der Waals surface area contributed by atoms with Crippen molar-refractivity contribution in [3.63, 3.8) is 0 Å². The number of carbonyl (C=O) groups is 1. The van der Waals surface area contributed by atoms with E-state index in [4.69, 9.17) is 0 Å². The molecule has 0 heterocycles. The van der Waals surface area contributed by atoms with Crippen molar-refractivity contribution < 1.29 is 36.2 Å². The number of alkyl halides is 4. The number of halogens is 5.